The third-order valence-corrected chi connectivity index (χ3v) is 3.38. The molecule has 2 rings (SSSR count). The fraction of sp³-hybridized carbons (Fsp3) is 0.467. The van der Waals surface area contributed by atoms with E-state index in [1.807, 2.05) is 12.2 Å². The Kier molecular flexibility index (Phi) is 5.25. The van der Waals surface area contributed by atoms with Gasteiger partial charge in [0.05, 0.1) is 0 Å². The number of ether oxygens (including phenoxy) is 1. The minimum atomic E-state index is -4.64. The van der Waals surface area contributed by atoms with E-state index in [2.05, 4.69) is 21.6 Å². The predicted molar refractivity (Wildman–Crippen MR) is 76.1 cm³/mol. The van der Waals surface area contributed by atoms with Crippen LogP contribution in [0.2, 0.25) is 0 Å². The molecule has 1 fully saturated rings. The minimum absolute atomic E-state index is 0.196. The van der Waals surface area contributed by atoms with Gasteiger partial charge >= 0.3 is 6.36 Å². The molecule has 0 aromatic heterocycles. The standard InChI is InChI=1S/C15H19F3N2O/c1-19-9-11-20(12-10-19)8-2-3-13-4-6-14(7-5-13)21-15(16,17)18/h2-7H,8-12H2,1H3. The van der Waals surface area contributed by atoms with Crippen LogP contribution in [0.5, 0.6) is 5.75 Å². The molecular weight excluding hydrogens is 281 g/mol. The molecule has 0 atom stereocenters. The smallest absolute Gasteiger partial charge is 0.406 e. The molecule has 0 amide bonds. The fourth-order valence-electron chi connectivity index (χ4n) is 2.15. The number of nitrogens with zero attached hydrogens (tertiary/aromatic N) is 2. The summed E-state index contributed by atoms with van der Waals surface area (Å²) in [6.07, 6.45) is -0.695. The lowest BCUT2D eigenvalue weighted by atomic mass is 10.2. The molecule has 1 saturated heterocycles. The number of benzene rings is 1. The Morgan fingerprint density at radius 3 is 2.29 bits per heavy atom. The molecule has 0 unspecified atom stereocenters. The first-order valence-corrected chi connectivity index (χ1v) is 6.86. The lowest BCUT2D eigenvalue weighted by molar-refractivity contribution is -0.274. The van der Waals surface area contributed by atoms with Crippen LogP contribution in [0.15, 0.2) is 30.3 Å². The van der Waals surface area contributed by atoms with Crippen molar-refractivity contribution < 1.29 is 17.9 Å². The van der Waals surface area contributed by atoms with Gasteiger partial charge in [0.2, 0.25) is 0 Å². The van der Waals surface area contributed by atoms with Crippen LogP contribution in [0.3, 0.4) is 0 Å². The molecule has 0 aliphatic carbocycles. The van der Waals surface area contributed by atoms with Crippen molar-refractivity contribution in [1.29, 1.82) is 0 Å². The van der Waals surface area contributed by atoms with Gasteiger partial charge in [-0.25, -0.2) is 0 Å². The average molecular weight is 300 g/mol. The highest BCUT2D eigenvalue weighted by atomic mass is 19.4. The number of likely N-dealkylation sites (N-methyl/N-ethyl adjacent to an activating group) is 1. The van der Waals surface area contributed by atoms with Gasteiger partial charge in [-0.05, 0) is 24.7 Å². The van der Waals surface area contributed by atoms with E-state index in [-0.39, 0.29) is 5.75 Å². The van der Waals surface area contributed by atoms with E-state index in [0.29, 0.717) is 0 Å². The number of alkyl halides is 3. The van der Waals surface area contributed by atoms with Crippen molar-refractivity contribution in [2.75, 3.05) is 39.8 Å². The number of halogens is 3. The van der Waals surface area contributed by atoms with E-state index < -0.39 is 6.36 Å². The third-order valence-electron chi connectivity index (χ3n) is 3.38. The monoisotopic (exact) mass is 300 g/mol. The predicted octanol–water partition coefficient (Wildman–Crippen LogP) is 2.85. The number of hydrogen-bond acceptors (Lipinski definition) is 3. The van der Waals surface area contributed by atoms with Gasteiger partial charge in [-0.3, -0.25) is 4.90 Å². The summed E-state index contributed by atoms with van der Waals surface area (Å²) in [6.45, 7) is 5.07. The van der Waals surface area contributed by atoms with E-state index in [1.165, 1.54) is 12.1 Å². The summed E-state index contributed by atoms with van der Waals surface area (Å²) in [5.74, 6) is -0.196. The molecule has 6 heteroatoms. The molecular formula is C15H19F3N2O. The Labute approximate surface area is 122 Å². The van der Waals surface area contributed by atoms with E-state index in [4.69, 9.17) is 0 Å². The highest BCUT2D eigenvalue weighted by Crippen LogP contribution is 2.22. The van der Waals surface area contributed by atoms with Crippen molar-refractivity contribution in [3.63, 3.8) is 0 Å². The summed E-state index contributed by atoms with van der Waals surface area (Å²) >= 11 is 0. The molecule has 0 radical (unpaired) electrons. The largest absolute Gasteiger partial charge is 0.573 e. The van der Waals surface area contributed by atoms with Gasteiger partial charge in [0.15, 0.2) is 0 Å². The second kappa shape index (κ2) is 6.95. The lowest BCUT2D eigenvalue weighted by Crippen LogP contribution is -2.44. The molecule has 1 aromatic rings. The van der Waals surface area contributed by atoms with E-state index in [1.54, 1.807) is 12.1 Å². The Morgan fingerprint density at radius 1 is 1.10 bits per heavy atom. The maximum absolute atomic E-state index is 12.0. The van der Waals surface area contributed by atoms with Crippen LogP contribution in [-0.4, -0.2) is 55.9 Å². The van der Waals surface area contributed by atoms with E-state index in [0.717, 1.165) is 38.3 Å². The van der Waals surface area contributed by atoms with Crippen molar-refractivity contribution in [3.05, 3.63) is 35.9 Å². The van der Waals surface area contributed by atoms with Crippen molar-refractivity contribution in [1.82, 2.24) is 9.80 Å². The first kappa shape index (κ1) is 15.9. The van der Waals surface area contributed by atoms with Crippen LogP contribution in [0.25, 0.3) is 6.08 Å². The zero-order valence-corrected chi connectivity index (χ0v) is 11.9. The molecule has 0 saturated carbocycles. The van der Waals surface area contributed by atoms with Crippen LogP contribution in [-0.2, 0) is 0 Å². The van der Waals surface area contributed by atoms with Gasteiger partial charge in [-0.2, -0.15) is 0 Å². The van der Waals surface area contributed by atoms with Crippen molar-refractivity contribution >= 4 is 6.08 Å². The maximum atomic E-state index is 12.0. The van der Waals surface area contributed by atoms with Crippen LogP contribution < -0.4 is 4.74 Å². The Bertz CT molecular complexity index is 463. The van der Waals surface area contributed by atoms with Crippen LogP contribution >= 0.6 is 0 Å². The Balaban J connectivity index is 1.81. The summed E-state index contributed by atoms with van der Waals surface area (Å²) < 4.78 is 39.9. The normalized spacial score (nSPS) is 18.3. The molecule has 0 spiro atoms. The molecule has 1 aromatic carbocycles. The van der Waals surface area contributed by atoms with E-state index >= 15 is 0 Å². The van der Waals surface area contributed by atoms with Gasteiger partial charge in [0, 0.05) is 32.7 Å². The minimum Gasteiger partial charge on any atom is -0.406 e. The zero-order chi connectivity index (χ0) is 15.3. The number of hydrogen-bond donors (Lipinski definition) is 0. The SMILES string of the molecule is CN1CCN(CC=Cc2ccc(OC(F)(F)F)cc2)CC1. The average Bonchev–Trinajstić information content (AvgIpc) is 2.41. The van der Waals surface area contributed by atoms with Crippen LogP contribution in [0, 0.1) is 0 Å². The number of piperazine rings is 1. The summed E-state index contributed by atoms with van der Waals surface area (Å²) in [6, 6.07) is 5.87. The molecule has 0 bridgehead atoms. The first-order chi connectivity index (χ1) is 9.92. The molecule has 1 aliphatic rings. The van der Waals surface area contributed by atoms with Gasteiger partial charge in [0.25, 0.3) is 0 Å². The summed E-state index contributed by atoms with van der Waals surface area (Å²) in [7, 11) is 2.11. The van der Waals surface area contributed by atoms with Crippen molar-refractivity contribution in [2.45, 2.75) is 6.36 Å². The van der Waals surface area contributed by atoms with Crippen LogP contribution in [0.4, 0.5) is 13.2 Å². The Morgan fingerprint density at radius 2 is 1.71 bits per heavy atom. The molecule has 21 heavy (non-hydrogen) atoms. The van der Waals surface area contributed by atoms with Gasteiger partial charge in [-0.15, -0.1) is 13.2 Å². The third kappa shape index (κ3) is 5.77. The molecule has 1 aliphatic heterocycles. The second-order valence-corrected chi connectivity index (χ2v) is 5.12. The molecule has 1 heterocycles. The zero-order valence-electron chi connectivity index (χ0n) is 11.9. The highest BCUT2D eigenvalue weighted by Gasteiger charge is 2.30. The van der Waals surface area contributed by atoms with Crippen LogP contribution in [0.1, 0.15) is 5.56 Å². The maximum Gasteiger partial charge on any atom is 0.573 e. The van der Waals surface area contributed by atoms with Gasteiger partial charge in [0.1, 0.15) is 5.75 Å². The first-order valence-electron chi connectivity index (χ1n) is 6.86. The highest BCUT2D eigenvalue weighted by molar-refractivity contribution is 5.50. The quantitative estimate of drug-likeness (QED) is 0.850. The second-order valence-electron chi connectivity index (χ2n) is 5.12. The van der Waals surface area contributed by atoms with Gasteiger partial charge < -0.3 is 9.64 Å². The molecule has 0 N–H and O–H groups in total. The summed E-state index contributed by atoms with van der Waals surface area (Å²) in [5.41, 5.74) is 0.860. The summed E-state index contributed by atoms with van der Waals surface area (Å²) in [4.78, 5) is 4.64. The van der Waals surface area contributed by atoms with E-state index in [9.17, 15) is 13.2 Å². The molecule has 3 nitrogen and oxygen atoms in total. The fourth-order valence-corrected chi connectivity index (χ4v) is 2.15. The summed E-state index contributed by atoms with van der Waals surface area (Å²) in [5, 5.41) is 0. The molecule has 116 valence electrons. The van der Waals surface area contributed by atoms with Crippen molar-refractivity contribution in [3.8, 4) is 5.75 Å². The lowest BCUT2D eigenvalue weighted by Gasteiger charge is -2.31. The van der Waals surface area contributed by atoms with Gasteiger partial charge in [-0.1, -0.05) is 24.3 Å². The topological polar surface area (TPSA) is 15.7 Å². The number of rotatable bonds is 4. The Hall–Kier alpha value is -1.53. The van der Waals surface area contributed by atoms with Crippen molar-refractivity contribution in [2.24, 2.45) is 0 Å².